The standard InChI is InChI=1S/C39H65F4N4O9P/c1-5-6-7-8-9-10-11-12-13-14-15-17-20-23-33(48)53-28-31(29-55-57(50,51)54-27-25-47(2,3)4)56-34(49)24-21-18-16-19-22-26-52-30-32-35(40)37(42)39(45-46-44)38(43)36(32)41/h31H,5-30H2,1-4H3/p+1. The number of phosphoric ester groups is 1. The van der Waals surface area contributed by atoms with Crippen molar-refractivity contribution in [2.45, 2.75) is 148 Å². The maximum atomic E-state index is 14.1. The maximum Gasteiger partial charge on any atom is 0.472 e. The molecule has 1 aromatic carbocycles. The lowest BCUT2D eigenvalue weighted by Crippen LogP contribution is -2.37. The average molecular weight is 842 g/mol. The van der Waals surface area contributed by atoms with Gasteiger partial charge < -0.3 is 23.6 Å². The SMILES string of the molecule is CCCCCCCCCCCCCCCC(=O)OCC(COP(=O)(O)OCC[N+](C)(C)C)OC(=O)CCCCCCCOCc1c(F)c(F)c(N=[N+]=[N-])c(F)c1F. The third-order valence-electron chi connectivity index (χ3n) is 9.04. The number of rotatable bonds is 35. The van der Waals surface area contributed by atoms with Crippen molar-refractivity contribution in [3.8, 4) is 0 Å². The van der Waals surface area contributed by atoms with Gasteiger partial charge in [0.15, 0.2) is 29.4 Å². The van der Waals surface area contributed by atoms with Crippen LogP contribution in [0, 0.1) is 23.3 Å². The second-order valence-corrected chi connectivity index (χ2v) is 16.7. The smallest absolute Gasteiger partial charge is 0.462 e. The van der Waals surface area contributed by atoms with Crippen LogP contribution in [0.4, 0.5) is 23.2 Å². The second kappa shape index (κ2) is 30.3. The molecule has 0 spiro atoms. The minimum absolute atomic E-state index is 0.0121. The summed E-state index contributed by atoms with van der Waals surface area (Å²) in [7, 11) is 1.20. The quantitative estimate of drug-likeness (QED) is 0.00805. The van der Waals surface area contributed by atoms with Gasteiger partial charge in [-0.2, -0.15) is 0 Å². The Kier molecular flexibility index (Phi) is 27.8. The molecule has 0 bridgehead atoms. The van der Waals surface area contributed by atoms with Gasteiger partial charge in [0.05, 0.1) is 39.9 Å². The number of ether oxygens (including phenoxy) is 3. The number of hydrogen-bond donors (Lipinski definition) is 1. The first-order chi connectivity index (χ1) is 27.1. The molecule has 1 rings (SSSR count). The predicted molar refractivity (Wildman–Crippen MR) is 208 cm³/mol. The van der Waals surface area contributed by atoms with Crippen LogP contribution in [0.15, 0.2) is 5.11 Å². The molecule has 0 radical (unpaired) electrons. The van der Waals surface area contributed by atoms with E-state index in [1.807, 2.05) is 21.1 Å². The zero-order valence-electron chi connectivity index (χ0n) is 34.4. The van der Waals surface area contributed by atoms with E-state index in [0.29, 0.717) is 49.6 Å². The fourth-order valence-corrected chi connectivity index (χ4v) is 6.40. The number of nitrogens with zero attached hydrogens (tertiary/aromatic N) is 4. The third-order valence-corrected chi connectivity index (χ3v) is 10.0. The Bertz CT molecular complexity index is 1390. The van der Waals surface area contributed by atoms with Gasteiger partial charge in [-0.05, 0) is 24.8 Å². The number of esters is 2. The van der Waals surface area contributed by atoms with Crippen LogP contribution in [0.1, 0.15) is 141 Å². The molecule has 0 heterocycles. The first-order valence-corrected chi connectivity index (χ1v) is 21.9. The summed E-state index contributed by atoms with van der Waals surface area (Å²) < 4.78 is 95.2. The molecule has 0 aliphatic rings. The third kappa shape index (κ3) is 25.3. The van der Waals surface area contributed by atoms with Gasteiger partial charge in [-0.25, -0.2) is 22.1 Å². The largest absolute Gasteiger partial charge is 0.472 e. The van der Waals surface area contributed by atoms with E-state index < -0.39 is 73.6 Å². The average Bonchev–Trinajstić information content (AvgIpc) is 3.15. The predicted octanol–water partition coefficient (Wildman–Crippen LogP) is 10.8. The van der Waals surface area contributed by atoms with Gasteiger partial charge in [-0.1, -0.05) is 108 Å². The number of carbonyl (C=O) groups is 2. The molecule has 0 aliphatic heterocycles. The van der Waals surface area contributed by atoms with Gasteiger partial charge in [0.1, 0.15) is 25.4 Å². The Morgan fingerprint density at radius 1 is 0.719 bits per heavy atom. The van der Waals surface area contributed by atoms with Crippen LogP contribution in [0.5, 0.6) is 0 Å². The number of benzene rings is 1. The second-order valence-electron chi connectivity index (χ2n) is 15.2. The van der Waals surface area contributed by atoms with Gasteiger partial charge in [0.25, 0.3) is 0 Å². The number of azide groups is 1. The van der Waals surface area contributed by atoms with Gasteiger partial charge in [-0.15, -0.1) is 0 Å². The topological polar surface area (TPSA) is 166 Å². The molecule has 1 N–H and O–H groups in total. The number of quaternary nitrogens is 1. The summed E-state index contributed by atoms with van der Waals surface area (Å²) in [5, 5.41) is 2.65. The van der Waals surface area contributed by atoms with E-state index in [1.165, 1.54) is 57.8 Å². The molecule has 0 aromatic heterocycles. The summed E-state index contributed by atoms with van der Waals surface area (Å²) >= 11 is 0. The molecule has 0 fully saturated rings. The monoisotopic (exact) mass is 841 g/mol. The van der Waals surface area contributed by atoms with E-state index in [2.05, 4.69) is 16.9 Å². The van der Waals surface area contributed by atoms with Crippen LogP contribution >= 0.6 is 7.82 Å². The Balaban J connectivity index is 2.43. The molecule has 0 saturated carbocycles. The Hall–Kier alpha value is -2.78. The van der Waals surface area contributed by atoms with Crippen molar-refractivity contribution in [1.82, 2.24) is 0 Å². The van der Waals surface area contributed by atoms with Crippen LogP contribution in [0.3, 0.4) is 0 Å². The van der Waals surface area contributed by atoms with E-state index in [9.17, 15) is 36.6 Å². The Morgan fingerprint density at radius 3 is 1.72 bits per heavy atom. The number of hydrogen-bond acceptors (Lipinski definition) is 9. The molecule has 2 unspecified atom stereocenters. The molecule has 18 heteroatoms. The van der Waals surface area contributed by atoms with E-state index in [4.69, 9.17) is 28.8 Å². The highest BCUT2D eigenvalue weighted by molar-refractivity contribution is 7.47. The highest BCUT2D eigenvalue weighted by Crippen LogP contribution is 2.43. The van der Waals surface area contributed by atoms with E-state index in [1.54, 1.807) is 0 Å². The number of phosphoric acid groups is 1. The van der Waals surface area contributed by atoms with Crippen LogP contribution in [0.25, 0.3) is 10.4 Å². The first kappa shape index (κ1) is 52.2. The van der Waals surface area contributed by atoms with Crippen molar-refractivity contribution in [3.05, 3.63) is 39.3 Å². The molecule has 2 atom stereocenters. The van der Waals surface area contributed by atoms with Crippen molar-refractivity contribution in [3.63, 3.8) is 0 Å². The minimum atomic E-state index is -4.48. The number of likely N-dealkylation sites (N-methyl/N-ethyl adjacent to an activating group) is 1. The van der Waals surface area contributed by atoms with E-state index in [0.717, 1.165) is 19.3 Å². The summed E-state index contributed by atoms with van der Waals surface area (Å²) in [6.45, 7) is 1.03. The first-order valence-electron chi connectivity index (χ1n) is 20.4. The molecular formula is C39H66F4N4O9P+. The molecule has 0 aliphatic carbocycles. The molecule has 57 heavy (non-hydrogen) atoms. The highest BCUT2D eigenvalue weighted by Gasteiger charge is 2.27. The van der Waals surface area contributed by atoms with Crippen LogP contribution in [0.2, 0.25) is 0 Å². The summed E-state index contributed by atoms with van der Waals surface area (Å²) in [4.78, 5) is 37.4. The number of unbranched alkanes of at least 4 members (excludes halogenated alkanes) is 16. The number of carbonyl (C=O) groups excluding carboxylic acids is 2. The summed E-state index contributed by atoms with van der Waals surface area (Å²) in [6, 6.07) is 0. The van der Waals surface area contributed by atoms with Crippen molar-refractivity contribution in [1.29, 1.82) is 0 Å². The van der Waals surface area contributed by atoms with Crippen LogP contribution in [-0.2, 0) is 44.0 Å². The zero-order valence-corrected chi connectivity index (χ0v) is 35.3. The molecule has 0 saturated heterocycles. The van der Waals surface area contributed by atoms with Crippen molar-refractivity contribution in [2.24, 2.45) is 5.11 Å². The summed E-state index contributed by atoms with van der Waals surface area (Å²) in [5.41, 5.74) is 5.99. The molecule has 13 nitrogen and oxygen atoms in total. The normalized spacial score (nSPS) is 13.2. The maximum absolute atomic E-state index is 14.1. The molecule has 0 amide bonds. The lowest BCUT2D eigenvalue weighted by Gasteiger charge is -2.24. The van der Waals surface area contributed by atoms with E-state index in [-0.39, 0.29) is 32.7 Å². The van der Waals surface area contributed by atoms with Gasteiger partial charge in [0.2, 0.25) is 0 Å². The van der Waals surface area contributed by atoms with Crippen LogP contribution < -0.4 is 0 Å². The van der Waals surface area contributed by atoms with E-state index >= 15 is 0 Å². The fourth-order valence-electron chi connectivity index (χ4n) is 5.65. The summed E-state index contributed by atoms with van der Waals surface area (Å²) in [5.74, 6) is -8.10. The zero-order chi connectivity index (χ0) is 42.5. The van der Waals surface area contributed by atoms with Crippen molar-refractivity contribution in [2.75, 3.05) is 54.1 Å². The van der Waals surface area contributed by atoms with Gasteiger partial charge >= 0.3 is 19.8 Å². The lowest BCUT2D eigenvalue weighted by atomic mass is 10.0. The molecular weight excluding hydrogens is 775 g/mol. The minimum Gasteiger partial charge on any atom is -0.462 e. The van der Waals surface area contributed by atoms with Gasteiger partial charge in [-0.3, -0.25) is 18.6 Å². The van der Waals surface area contributed by atoms with Gasteiger partial charge in [0, 0.05) is 24.4 Å². The van der Waals surface area contributed by atoms with Crippen LogP contribution in [-0.4, -0.2) is 81.5 Å². The Morgan fingerprint density at radius 2 is 1.21 bits per heavy atom. The fraction of sp³-hybridized carbons (Fsp3) is 0.795. The Labute approximate surface area is 335 Å². The highest BCUT2D eigenvalue weighted by atomic mass is 31.2. The van der Waals surface area contributed by atoms with Crippen molar-refractivity contribution >= 4 is 25.4 Å². The number of halogens is 4. The summed E-state index contributed by atoms with van der Waals surface area (Å²) in [6.07, 6.45) is 17.1. The van der Waals surface area contributed by atoms with Crippen molar-refractivity contribution < 1.29 is 64.4 Å². The lowest BCUT2D eigenvalue weighted by molar-refractivity contribution is -0.870. The molecule has 328 valence electrons. The molecule has 1 aromatic rings.